The van der Waals surface area contributed by atoms with Crippen molar-refractivity contribution in [1.82, 2.24) is 26.2 Å². The van der Waals surface area contributed by atoms with Crippen molar-refractivity contribution in [2.24, 2.45) is 28.6 Å². The molecule has 5 rings (SSSR count). The lowest BCUT2D eigenvalue weighted by Gasteiger charge is -2.41. The number of sulfone groups is 1. The summed E-state index contributed by atoms with van der Waals surface area (Å²) in [5.74, 6) is -1.90. The standard InChI is InChI=1S/C38H63N5O7S/c1-9-36(5,6)51(49,50)22-38(19-11-10-12-20-38)42-34(48)41-30(35(2,3)4)33(47)43-21-25-27(37(25,7)8)28(43)31(45)40-26(18-15-23-13-14-23)29(44)32(46)39-24-16-17-24/h23-28,30H,9-22H2,1-8H3,(H,39,46)(H,40,45)(H2,41,42,48)/t25-,26?,27-,28-,30+/m0/s1. The Labute approximate surface area is 305 Å². The van der Waals surface area contributed by atoms with E-state index in [4.69, 9.17) is 0 Å². The molecule has 0 spiro atoms. The fourth-order valence-electron chi connectivity index (χ4n) is 8.33. The molecule has 5 atom stereocenters. The summed E-state index contributed by atoms with van der Waals surface area (Å²) in [7, 11) is -3.57. The molecular weight excluding hydrogens is 671 g/mol. The van der Waals surface area contributed by atoms with Gasteiger partial charge in [-0.1, -0.05) is 73.6 Å². The fourth-order valence-corrected chi connectivity index (χ4v) is 10.2. The van der Waals surface area contributed by atoms with Crippen LogP contribution in [-0.4, -0.2) is 89.6 Å². The van der Waals surface area contributed by atoms with Gasteiger partial charge in [-0.15, -0.1) is 0 Å². The van der Waals surface area contributed by atoms with Gasteiger partial charge >= 0.3 is 6.03 Å². The van der Waals surface area contributed by atoms with Crippen molar-refractivity contribution in [2.75, 3.05) is 12.3 Å². The Morgan fingerprint density at radius 2 is 1.53 bits per heavy atom. The SMILES string of the molecule is CCC(C)(C)S(=O)(=O)CC1(NC(=O)N[C@H](C(=O)N2C[C@H]3[C@@H]([C@H]2C(=O)NC(CCC2CC2)C(=O)C(=O)NC2CC2)C3(C)C)C(C)(C)C)CCCCC1. The molecule has 1 aliphatic heterocycles. The highest BCUT2D eigenvalue weighted by Crippen LogP contribution is 2.65. The number of hydrogen-bond donors (Lipinski definition) is 4. The average Bonchev–Trinajstić information content (AvgIpc) is 4.00. The first-order valence-corrected chi connectivity index (χ1v) is 21.0. The molecule has 0 aromatic rings. The molecule has 5 aliphatic rings. The molecule has 1 saturated heterocycles. The van der Waals surface area contributed by atoms with Gasteiger partial charge in [-0.2, -0.15) is 0 Å². The van der Waals surface area contributed by atoms with Crippen molar-refractivity contribution < 1.29 is 32.4 Å². The Hall–Kier alpha value is -2.70. The molecular formula is C38H63N5O7S. The zero-order valence-corrected chi connectivity index (χ0v) is 33.0. The van der Waals surface area contributed by atoms with Crippen LogP contribution in [0, 0.1) is 28.6 Å². The smallest absolute Gasteiger partial charge is 0.315 e. The fraction of sp³-hybridized carbons (Fsp3) is 0.868. The molecule has 5 fully saturated rings. The van der Waals surface area contributed by atoms with E-state index in [2.05, 4.69) is 35.1 Å². The zero-order chi connectivity index (χ0) is 37.7. The number of fused-ring (bicyclic) bond motifs is 1. The van der Waals surface area contributed by atoms with E-state index in [1.807, 2.05) is 27.7 Å². The maximum absolute atomic E-state index is 14.5. The number of carbonyl (C=O) groups is 5. The van der Waals surface area contributed by atoms with Crippen LogP contribution in [0.5, 0.6) is 0 Å². The second-order valence-electron chi connectivity index (χ2n) is 18.7. The number of likely N-dealkylation sites (tertiary alicyclic amines) is 1. The van der Waals surface area contributed by atoms with Crippen molar-refractivity contribution in [3.05, 3.63) is 0 Å². The lowest BCUT2D eigenvalue weighted by atomic mass is 9.83. The van der Waals surface area contributed by atoms with E-state index in [0.717, 1.165) is 51.4 Å². The van der Waals surface area contributed by atoms with Crippen molar-refractivity contribution in [2.45, 2.75) is 167 Å². The van der Waals surface area contributed by atoms with Crippen LogP contribution in [0.4, 0.5) is 4.79 Å². The third kappa shape index (κ3) is 8.75. The quantitative estimate of drug-likeness (QED) is 0.184. The van der Waals surface area contributed by atoms with Gasteiger partial charge in [0.2, 0.25) is 17.6 Å². The van der Waals surface area contributed by atoms with Crippen LogP contribution in [-0.2, 0) is 29.0 Å². The third-order valence-corrected chi connectivity index (χ3v) is 15.7. The number of carbonyl (C=O) groups excluding carboxylic acids is 5. The highest BCUT2D eigenvalue weighted by atomic mass is 32.2. The van der Waals surface area contributed by atoms with Crippen LogP contribution in [0.25, 0.3) is 0 Å². The van der Waals surface area contributed by atoms with Crippen LogP contribution >= 0.6 is 0 Å². The Morgan fingerprint density at radius 3 is 2.08 bits per heavy atom. The topological polar surface area (TPSA) is 171 Å². The number of ketones is 1. The van der Waals surface area contributed by atoms with Gasteiger partial charge in [0.05, 0.1) is 22.1 Å². The van der Waals surface area contributed by atoms with Gasteiger partial charge in [0.15, 0.2) is 9.84 Å². The van der Waals surface area contributed by atoms with Crippen molar-refractivity contribution in [1.29, 1.82) is 0 Å². The van der Waals surface area contributed by atoms with Gasteiger partial charge in [-0.3, -0.25) is 19.2 Å². The molecule has 0 aromatic heterocycles. The molecule has 288 valence electrons. The van der Waals surface area contributed by atoms with E-state index in [1.165, 1.54) is 0 Å². The number of urea groups is 1. The lowest BCUT2D eigenvalue weighted by Crippen LogP contribution is -2.64. The average molecular weight is 734 g/mol. The summed E-state index contributed by atoms with van der Waals surface area (Å²) < 4.78 is 26.2. The highest BCUT2D eigenvalue weighted by molar-refractivity contribution is 7.92. The molecule has 0 aromatic carbocycles. The first kappa shape index (κ1) is 39.5. The summed E-state index contributed by atoms with van der Waals surface area (Å²) in [5.41, 5.74) is -1.89. The summed E-state index contributed by atoms with van der Waals surface area (Å²) in [6, 6.07) is -3.45. The highest BCUT2D eigenvalue weighted by Gasteiger charge is 2.70. The Balaban J connectivity index is 1.33. The van der Waals surface area contributed by atoms with Gasteiger partial charge in [0.25, 0.3) is 5.91 Å². The van der Waals surface area contributed by atoms with E-state index < -0.39 is 73.2 Å². The van der Waals surface area contributed by atoms with Crippen molar-refractivity contribution in [3.63, 3.8) is 0 Å². The van der Waals surface area contributed by atoms with E-state index in [-0.39, 0.29) is 29.0 Å². The van der Waals surface area contributed by atoms with Crippen LogP contribution in [0.2, 0.25) is 0 Å². The van der Waals surface area contributed by atoms with Gasteiger partial charge in [-0.25, -0.2) is 13.2 Å². The maximum Gasteiger partial charge on any atom is 0.315 e. The number of nitrogens with one attached hydrogen (secondary N) is 4. The van der Waals surface area contributed by atoms with Crippen molar-refractivity contribution in [3.8, 4) is 0 Å². The van der Waals surface area contributed by atoms with Crippen LogP contribution in [0.3, 0.4) is 0 Å². The first-order valence-electron chi connectivity index (χ1n) is 19.4. The molecule has 0 radical (unpaired) electrons. The van der Waals surface area contributed by atoms with Gasteiger partial charge in [0, 0.05) is 12.6 Å². The number of piperidine rings is 1. The molecule has 1 unspecified atom stereocenters. The Kier molecular flexibility index (Phi) is 11.1. The summed E-state index contributed by atoms with van der Waals surface area (Å²) in [4.78, 5) is 70.3. The minimum absolute atomic E-state index is 0.0109. The van der Waals surface area contributed by atoms with E-state index in [9.17, 15) is 32.4 Å². The second-order valence-corrected chi connectivity index (χ2v) is 21.3. The monoisotopic (exact) mass is 733 g/mol. The molecule has 13 heteroatoms. The molecule has 4 N–H and O–H groups in total. The molecule has 0 bridgehead atoms. The summed E-state index contributed by atoms with van der Waals surface area (Å²) in [6.45, 7) is 15.3. The zero-order valence-electron chi connectivity index (χ0n) is 32.2. The van der Waals surface area contributed by atoms with E-state index in [1.54, 1.807) is 18.7 Å². The molecule has 51 heavy (non-hydrogen) atoms. The normalized spacial score (nSPS) is 26.7. The number of rotatable bonds is 15. The number of amides is 5. The molecule has 4 saturated carbocycles. The number of nitrogens with zero attached hydrogens (tertiary/aromatic N) is 1. The summed E-state index contributed by atoms with van der Waals surface area (Å²) in [5, 5.41) is 11.6. The predicted octanol–water partition coefficient (Wildman–Crippen LogP) is 4.01. The van der Waals surface area contributed by atoms with Gasteiger partial charge in [-0.05, 0) is 87.4 Å². The van der Waals surface area contributed by atoms with Gasteiger partial charge in [0.1, 0.15) is 12.1 Å². The number of Topliss-reactive ketones (excluding diaryl/α,β-unsaturated/α-hetero) is 1. The molecule has 1 heterocycles. The lowest BCUT2D eigenvalue weighted by molar-refractivity contribution is -0.145. The van der Waals surface area contributed by atoms with Crippen LogP contribution < -0.4 is 21.3 Å². The summed E-state index contributed by atoms with van der Waals surface area (Å²) in [6.07, 6.45) is 8.99. The van der Waals surface area contributed by atoms with Crippen LogP contribution in [0.1, 0.15) is 132 Å². The summed E-state index contributed by atoms with van der Waals surface area (Å²) >= 11 is 0. The van der Waals surface area contributed by atoms with Crippen LogP contribution in [0.15, 0.2) is 0 Å². The van der Waals surface area contributed by atoms with Crippen molar-refractivity contribution >= 4 is 39.4 Å². The third-order valence-electron chi connectivity index (χ3n) is 12.8. The van der Waals surface area contributed by atoms with E-state index >= 15 is 0 Å². The Morgan fingerprint density at radius 1 is 0.902 bits per heavy atom. The maximum atomic E-state index is 14.5. The second kappa shape index (κ2) is 14.3. The largest absolute Gasteiger partial charge is 0.347 e. The minimum Gasteiger partial charge on any atom is -0.347 e. The molecule has 4 aliphatic carbocycles. The molecule has 5 amide bonds. The Bertz CT molecular complexity index is 1490. The first-order chi connectivity index (χ1) is 23.6. The predicted molar refractivity (Wildman–Crippen MR) is 195 cm³/mol. The molecule has 12 nitrogen and oxygen atoms in total. The van der Waals surface area contributed by atoms with E-state index in [0.29, 0.717) is 38.1 Å². The minimum atomic E-state index is -3.57. The number of hydrogen-bond acceptors (Lipinski definition) is 7. The van der Waals surface area contributed by atoms with Gasteiger partial charge < -0.3 is 26.2 Å².